The first-order chi connectivity index (χ1) is 17.8. The van der Waals surface area contributed by atoms with E-state index in [4.69, 9.17) is 0 Å². The van der Waals surface area contributed by atoms with Crippen molar-refractivity contribution in [2.75, 3.05) is 13.1 Å². The third-order valence-corrected chi connectivity index (χ3v) is 5.53. The van der Waals surface area contributed by atoms with Crippen molar-refractivity contribution in [3.05, 3.63) is 70.8 Å². The van der Waals surface area contributed by atoms with Gasteiger partial charge in [-0.15, -0.1) is 0 Å². The van der Waals surface area contributed by atoms with E-state index in [0.29, 0.717) is 12.6 Å². The van der Waals surface area contributed by atoms with Crippen molar-refractivity contribution in [2.24, 2.45) is 0 Å². The Morgan fingerprint density at radius 2 is 1.61 bits per heavy atom. The minimum absolute atomic E-state index is 0.132. The van der Waals surface area contributed by atoms with Crippen LogP contribution in [0.4, 0.5) is 13.2 Å². The summed E-state index contributed by atoms with van der Waals surface area (Å²) in [5.74, 6) is -1.89. The van der Waals surface area contributed by atoms with E-state index in [0.717, 1.165) is 37.0 Å². The molecule has 0 aliphatic heterocycles. The molecule has 0 saturated carbocycles. The quantitative estimate of drug-likeness (QED) is 0.331. The SMILES string of the molecule is CCCCc1ccc(CNC[C@H](NC(=O)CNC(=O)c2cccc(C(F)(F)F)c2)C(=O)NC(C)(C)C)cc1. The van der Waals surface area contributed by atoms with E-state index in [9.17, 15) is 27.6 Å². The van der Waals surface area contributed by atoms with Crippen LogP contribution in [0.3, 0.4) is 0 Å². The van der Waals surface area contributed by atoms with Crippen LogP contribution in [0.25, 0.3) is 0 Å². The van der Waals surface area contributed by atoms with Crippen molar-refractivity contribution in [3.63, 3.8) is 0 Å². The molecule has 2 aromatic carbocycles. The van der Waals surface area contributed by atoms with Gasteiger partial charge in [-0.3, -0.25) is 14.4 Å². The molecule has 0 unspecified atom stereocenters. The van der Waals surface area contributed by atoms with Crippen molar-refractivity contribution in [1.82, 2.24) is 21.3 Å². The van der Waals surface area contributed by atoms with E-state index in [1.165, 1.54) is 11.6 Å². The van der Waals surface area contributed by atoms with E-state index < -0.39 is 47.6 Å². The Labute approximate surface area is 222 Å². The largest absolute Gasteiger partial charge is 0.416 e. The summed E-state index contributed by atoms with van der Waals surface area (Å²) >= 11 is 0. The second kappa shape index (κ2) is 13.9. The topological polar surface area (TPSA) is 99.3 Å². The highest BCUT2D eigenvalue weighted by Gasteiger charge is 2.31. The lowest BCUT2D eigenvalue weighted by Gasteiger charge is -2.26. The predicted octanol–water partition coefficient (Wildman–Crippen LogP) is 3.97. The summed E-state index contributed by atoms with van der Waals surface area (Å²) in [6, 6.07) is 11.2. The Hall–Kier alpha value is -3.40. The number of hydrogen-bond acceptors (Lipinski definition) is 4. The fourth-order valence-corrected chi connectivity index (χ4v) is 3.58. The molecule has 10 heteroatoms. The molecule has 38 heavy (non-hydrogen) atoms. The van der Waals surface area contributed by atoms with Crippen LogP contribution in [-0.4, -0.2) is 42.4 Å². The molecule has 0 fully saturated rings. The summed E-state index contributed by atoms with van der Waals surface area (Å²) < 4.78 is 38.7. The smallest absolute Gasteiger partial charge is 0.350 e. The molecule has 0 saturated heterocycles. The van der Waals surface area contributed by atoms with E-state index in [1.807, 2.05) is 32.9 Å². The standard InChI is InChI=1S/C28H37F3N4O3/c1-5-6-8-19-11-13-20(14-12-19)16-32-17-23(26(38)35-27(2,3)4)34-24(36)18-33-25(37)21-9-7-10-22(15-21)28(29,30)31/h7,9-15,23,32H,5-6,8,16-18H2,1-4H3,(H,33,37)(H,34,36)(H,35,38)/t23-/m0/s1. The van der Waals surface area contributed by atoms with Gasteiger partial charge in [-0.2, -0.15) is 13.2 Å². The van der Waals surface area contributed by atoms with Crippen LogP contribution >= 0.6 is 0 Å². The zero-order chi connectivity index (χ0) is 28.3. The lowest BCUT2D eigenvalue weighted by Crippen LogP contribution is -2.56. The average Bonchev–Trinajstić information content (AvgIpc) is 2.84. The van der Waals surface area contributed by atoms with Gasteiger partial charge >= 0.3 is 6.18 Å². The van der Waals surface area contributed by atoms with Crippen LogP contribution in [0.15, 0.2) is 48.5 Å². The number of carbonyl (C=O) groups is 3. The van der Waals surface area contributed by atoms with Crippen LogP contribution in [0, 0.1) is 0 Å². The molecule has 1 atom stereocenters. The minimum atomic E-state index is -4.59. The zero-order valence-electron chi connectivity index (χ0n) is 22.3. The molecular weight excluding hydrogens is 497 g/mol. The minimum Gasteiger partial charge on any atom is -0.350 e. The van der Waals surface area contributed by atoms with Gasteiger partial charge in [-0.1, -0.05) is 43.7 Å². The monoisotopic (exact) mass is 534 g/mol. The highest BCUT2D eigenvalue weighted by atomic mass is 19.4. The van der Waals surface area contributed by atoms with E-state index in [2.05, 4.69) is 40.3 Å². The van der Waals surface area contributed by atoms with Crippen molar-refractivity contribution in [3.8, 4) is 0 Å². The van der Waals surface area contributed by atoms with Crippen molar-refractivity contribution >= 4 is 17.7 Å². The van der Waals surface area contributed by atoms with Crippen molar-refractivity contribution in [2.45, 2.75) is 71.3 Å². The van der Waals surface area contributed by atoms with E-state index in [-0.39, 0.29) is 12.1 Å². The van der Waals surface area contributed by atoms with Gasteiger partial charge in [0.25, 0.3) is 5.91 Å². The number of amides is 3. The molecule has 4 N–H and O–H groups in total. The van der Waals surface area contributed by atoms with E-state index >= 15 is 0 Å². The number of unbranched alkanes of at least 4 members (excludes halogenated alkanes) is 1. The number of halogens is 3. The fraction of sp³-hybridized carbons (Fsp3) is 0.464. The molecule has 2 rings (SSSR count). The Morgan fingerprint density at radius 3 is 2.21 bits per heavy atom. The molecule has 0 aromatic heterocycles. The van der Waals surface area contributed by atoms with Gasteiger partial charge in [0.15, 0.2) is 0 Å². The molecule has 0 spiro atoms. The maximum absolute atomic E-state index is 12.9. The first kappa shape index (κ1) is 30.8. The number of nitrogens with one attached hydrogen (secondary N) is 4. The molecule has 0 radical (unpaired) electrons. The maximum atomic E-state index is 12.9. The summed E-state index contributed by atoms with van der Waals surface area (Å²) in [6.45, 7) is 7.69. The van der Waals surface area contributed by atoms with Gasteiger partial charge in [0, 0.05) is 24.2 Å². The first-order valence-electron chi connectivity index (χ1n) is 12.6. The molecular formula is C28H37F3N4O3. The number of aryl methyl sites for hydroxylation is 1. The molecule has 0 bridgehead atoms. The number of carbonyl (C=O) groups excluding carboxylic acids is 3. The second-order valence-corrected chi connectivity index (χ2v) is 10.2. The zero-order valence-corrected chi connectivity index (χ0v) is 22.3. The van der Waals surface area contributed by atoms with Crippen LogP contribution in [0.5, 0.6) is 0 Å². The highest BCUT2D eigenvalue weighted by molar-refractivity contribution is 5.97. The number of alkyl halides is 3. The van der Waals surface area contributed by atoms with Gasteiger partial charge in [0.2, 0.25) is 11.8 Å². The number of benzene rings is 2. The molecule has 0 aliphatic carbocycles. The maximum Gasteiger partial charge on any atom is 0.416 e. The number of rotatable bonds is 12. The van der Waals surface area contributed by atoms with Crippen molar-refractivity contribution in [1.29, 1.82) is 0 Å². The van der Waals surface area contributed by atoms with Crippen LogP contribution in [0.1, 0.15) is 67.6 Å². The molecule has 0 heterocycles. The molecule has 2 aromatic rings. The third kappa shape index (κ3) is 10.9. The van der Waals surface area contributed by atoms with Gasteiger partial charge < -0.3 is 21.3 Å². The average molecular weight is 535 g/mol. The van der Waals surface area contributed by atoms with Gasteiger partial charge in [-0.25, -0.2) is 0 Å². The second-order valence-electron chi connectivity index (χ2n) is 10.2. The molecule has 7 nitrogen and oxygen atoms in total. The Bertz CT molecular complexity index is 1080. The number of hydrogen-bond donors (Lipinski definition) is 4. The Kier molecular flexibility index (Phi) is 11.3. The summed E-state index contributed by atoms with van der Waals surface area (Å²) in [7, 11) is 0. The summed E-state index contributed by atoms with van der Waals surface area (Å²) in [6.07, 6.45) is -1.31. The summed E-state index contributed by atoms with van der Waals surface area (Å²) in [4.78, 5) is 37.6. The predicted molar refractivity (Wildman–Crippen MR) is 140 cm³/mol. The van der Waals surface area contributed by atoms with Gasteiger partial charge in [0.05, 0.1) is 12.1 Å². The lowest BCUT2D eigenvalue weighted by molar-refractivity contribution is -0.137. The van der Waals surface area contributed by atoms with Gasteiger partial charge in [0.1, 0.15) is 6.04 Å². The molecule has 0 aliphatic rings. The van der Waals surface area contributed by atoms with Crippen LogP contribution in [-0.2, 0) is 28.7 Å². The normalized spacial score (nSPS) is 12.5. The Balaban J connectivity index is 1.95. The van der Waals surface area contributed by atoms with E-state index in [1.54, 1.807) is 0 Å². The highest BCUT2D eigenvalue weighted by Crippen LogP contribution is 2.29. The summed E-state index contributed by atoms with van der Waals surface area (Å²) in [5, 5.41) is 10.9. The third-order valence-electron chi connectivity index (χ3n) is 5.53. The summed E-state index contributed by atoms with van der Waals surface area (Å²) in [5.41, 5.74) is 0.566. The molecule has 3 amide bonds. The van der Waals surface area contributed by atoms with Crippen LogP contribution in [0.2, 0.25) is 0 Å². The first-order valence-corrected chi connectivity index (χ1v) is 12.6. The Morgan fingerprint density at radius 1 is 0.947 bits per heavy atom. The molecule has 208 valence electrons. The van der Waals surface area contributed by atoms with Crippen LogP contribution < -0.4 is 21.3 Å². The van der Waals surface area contributed by atoms with Crippen molar-refractivity contribution < 1.29 is 27.6 Å². The van der Waals surface area contributed by atoms with Gasteiger partial charge in [-0.05, 0) is 62.9 Å². The lowest BCUT2D eigenvalue weighted by atomic mass is 10.1. The fourth-order valence-electron chi connectivity index (χ4n) is 3.58.